The maximum absolute atomic E-state index is 12.5. The maximum Gasteiger partial charge on any atom is 0.221 e. The minimum Gasteiger partial charge on any atom is -0.353 e. The van der Waals surface area contributed by atoms with E-state index in [1.165, 1.54) is 18.4 Å². The van der Waals surface area contributed by atoms with Gasteiger partial charge in [-0.25, -0.2) is 0 Å². The first-order valence-corrected chi connectivity index (χ1v) is 9.67. The van der Waals surface area contributed by atoms with Crippen molar-refractivity contribution in [1.29, 1.82) is 0 Å². The minimum absolute atomic E-state index is 0.0344. The Hall–Kier alpha value is -2.69. The van der Waals surface area contributed by atoms with Crippen LogP contribution in [0.2, 0.25) is 0 Å². The fraction of sp³-hybridized carbons (Fsp3) is 0.409. The smallest absolute Gasteiger partial charge is 0.221 e. The van der Waals surface area contributed by atoms with E-state index in [9.17, 15) is 9.59 Å². The monoisotopic (exact) mass is 365 g/mol. The van der Waals surface area contributed by atoms with E-state index in [0.717, 1.165) is 24.0 Å². The fourth-order valence-corrected chi connectivity index (χ4v) is 3.50. The Labute approximate surface area is 160 Å². The Morgan fingerprint density at radius 1 is 0.963 bits per heavy atom. The number of nitrogens with one attached hydrogen (secondary N) is 2. The summed E-state index contributed by atoms with van der Waals surface area (Å²) in [6, 6.07) is 11.9. The maximum atomic E-state index is 12.5. The summed E-state index contributed by atoms with van der Waals surface area (Å²) in [5.41, 5.74) is 3.15. The van der Waals surface area contributed by atoms with Gasteiger partial charge < -0.3 is 10.6 Å². The molecular formula is C22H27N3O2. The van der Waals surface area contributed by atoms with Gasteiger partial charge in [-0.05, 0) is 43.0 Å². The van der Waals surface area contributed by atoms with Gasteiger partial charge in [0.15, 0.2) is 0 Å². The number of aryl methyl sites for hydroxylation is 1. The number of amides is 2. The molecule has 1 aliphatic rings. The lowest BCUT2D eigenvalue weighted by atomic mass is 9.98. The molecule has 1 unspecified atom stereocenters. The number of carbonyl (C=O) groups excluding carboxylic acids is 2. The molecule has 2 amide bonds. The topological polar surface area (TPSA) is 71.1 Å². The zero-order valence-corrected chi connectivity index (χ0v) is 15.8. The summed E-state index contributed by atoms with van der Waals surface area (Å²) in [7, 11) is 0. The van der Waals surface area contributed by atoms with Gasteiger partial charge >= 0.3 is 0 Å². The number of rotatable bonds is 7. The lowest BCUT2D eigenvalue weighted by Gasteiger charge is -2.20. The van der Waals surface area contributed by atoms with Crippen molar-refractivity contribution in [1.82, 2.24) is 15.6 Å². The molecule has 1 fully saturated rings. The van der Waals surface area contributed by atoms with Gasteiger partial charge in [-0.15, -0.1) is 0 Å². The van der Waals surface area contributed by atoms with Crippen molar-refractivity contribution < 1.29 is 9.59 Å². The van der Waals surface area contributed by atoms with Crippen molar-refractivity contribution in [3.8, 4) is 0 Å². The number of pyridine rings is 1. The first-order chi connectivity index (χ1) is 13.1. The van der Waals surface area contributed by atoms with Crippen LogP contribution in [0.4, 0.5) is 0 Å². The summed E-state index contributed by atoms with van der Waals surface area (Å²) >= 11 is 0. The second-order valence-corrected chi connectivity index (χ2v) is 7.24. The van der Waals surface area contributed by atoms with Gasteiger partial charge in [-0.2, -0.15) is 0 Å². The highest BCUT2D eigenvalue weighted by Crippen LogP contribution is 2.22. The summed E-state index contributed by atoms with van der Waals surface area (Å²) in [4.78, 5) is 28.6. The quantitative estimate of drug-likeness (QED) is 0.790. The lowest BCUT2D eigenvalue weighted by molar-refractivity contribution is -0.127. The third-order valence-electron chi connectivity index (χ3n) is 5.05. The zero-order chi connectivity index (χ0) is 19.1. The molecule has 1 atom stereocenters. The van der Waals surface area contributed by atoms with Gasteiger partial charge in [0, 0.05) is 31.3 Å². The van der Waals surface area contributed by atoms with Crippen LogP contribution >= 0.6 is 0 Å². The van der Waals surface area contributed by atoms with E-state index in [2.05, 4.69) is 15.6 Å². The van der Waals surface area contributed by atoms with E-state index < -0.39 is 0 Å². The molecule has 5 heteroatoms. The Morgan fingerprint density at radius 3 is 2.22 bits per heavy atom. The van der Waals surface area contributed by atoms with Gasteiger partial charge in [0.1, 0.15) is 0 Å². The highest BCUT2D eigenvalue weighted by molar-refractivity contribution is 5.84. The van der Waals surface area contributed by atoms with E-state index >= 15 is 0 Å². The van der Waals surface area contributed by atoms with E-state index in [1.807, 2.05) is 43.3 Å². The Balaban J connectivity index is 1.60. The predicted molar refractivity (Wildman–Crippen MR) is 105 cm³/mol. The molecule has 0 aliphatic heterocycles. The number of carbonyl (C=O) groups is 2. The van der Waals surface area contributed by atoms with Crippen molar-refractivity contribution in [2.75, 3.05) is 0 Å². The molecule has 1 aromatic carbocycles. The summed E-state index contributed by atoms with van der Waals surface area (Å²) < 4.78 is 0. The molecule has 0 spiro atoms. The molecule has 142 valence electrons. The third kappa shape index (κ3) is 5.64. The van der Waals surface area contributed by atoms with E-state index in [0.29, 0.717) is 0 Å². The Morgan fingerprint density at radius 2 is 1.56 bits per heavy atom. The molecule has 0 radical (unpaired) electrons. The molecule has 1 aliphatic carbocycles. The molecule has 1 saturated carbocycles. The average Bonchev–Trinajstić information content (AvgIpc) is 3.19. The number of hydrogen-bond donors (Lipinski definition) is 2. The van der Waals surface area contributed by atoms with Crippen molar-refractivity contribution in [2.24, 2.45) is 0 Å². The fourth-order valence-electron chi connectivity index (χ4n) is 3.50. The number of aromatic nitrogens is 1. The van der Waals surface area contributed by atoms with Crippen LogP contribution < -0.4 is 10.6 Å². The number of nitrogens with zero attached hydrogens (tertiary/aromatic N) is 1. The largest absolute Gasteiger partial charge is 0.353 e. The second-order valence-electron chi connectivity index (χ2n) is 7.24. The zero-order valence-electron chi connectivity index (χ0n) is 15.8. The van der Waals surface area contributed by atoms with Crippen LogP contribution in [0.5, 0.6) is 0 Å². The molecule has 1 aromatic heterocycles. The minimum atomic E-state index is -0.251. The normalized spacial score (nSPS) is 15.3. The van der Waals surface area contributed by atoms with Crippen molar-refractivity contribution in [2.45, 2.75) is 57.5 Å². The summed E-state index contributed by atoms with van der Waals surface area (Å²) in [5, 5.41) is 6.10. The van der Waals surface area contributed by atoms with Crippen molar-refractivity contribution in [3.63, 3.8) is 0 Å². The molecule has 2 N–H and O–H groups in total. The van der Waals surface area contributed by atoms with Crippen LogP contribution in [-0.2, 0) is 9.59 Å². The van der Waals surface area contributed by atoms with E-state index in [4.69, 9.17) is 0 Å². The predicted octanol–water partition coefficient (Wildman–Crippen LogP) is 3.43. The molecule has 0 saturated heterocycles. The Kier molecular flexibility index (Phi) is 6.58. The van der Waals surface area contributed by atoms with Crippen LogP contribution in [0.1, 0.15) is 61.3 Å². The summed E-state index contributed by atoms with van der Waals surface area (Å²) in [5.74, 6) is -0.160. The van der Waals surface area contributed by atoms with E-state index in [1.54, 1.807) is 12.4 Å². The highest BCUT2D eigenvalue weighted by Gasteiger charge is 2.19. The van der Waals surface area contributed by atoms with Gasteiger partial charge in [-0.1, -0.05) is 42.7 Å². The van der Waals surface area contributed by atoms with Gasteiger partial charge in [-0.3, -0.25) is 14.6 Å². The van der Waals surface area contributed by atoms with Crippen LogP contribution in [0.3, 0.4) is 0 Å². The van der Waals surface area contributed by atoms with Gasteiger partial charge in [0.2, 0.25) is 11.8 Å². The molecule has 1 heterocycles. The summed E-state index contributed by atoms with van der Waals surface area (Å²) in [6.45, 7) is 2.03. The van der Waals surface area contributed by atoms with Crippen molar-refractivity contribution >= 4 is 11.8 Å². The second kappa shape index (κ2) is 9.31. The van der Waals surface area contributed by atoms with E-state index in [-0.39, 0.29) is 36.7 Å². The molecule has 3 rings (SSSR count). The average molecular weight is 365 g/mol. The molecule has 5 nitrogen and oxygen atoms in total. The van der Waals surface area contributed by atoms with Crippen molar-refractivity contribution in [3.05, 3.63) is 65.5 Å². The highest BCUT2D eigenvalue weighted by atomic mass is 16.2. The molecule has 0 bridgehead atoms. The standard InChI is InChI=1S/C22H27N3O2/c1-16-6-8-17(9-7-16)22(18-12-14-23-15-13-18)25-21(27)11-10-20(26)24-19-4-2-3-5-19/h6-9,12-15,19,22H,2-5,10-11H2,1H3,(H,24,26)(H,25,27). The number of benzene rings is 1. The Bertz CT molecular complexity index is 753. The third-order valence-corrected chi connectivity index (χ3v) is 5.05. The molecule has 2 aromatic rings. The number of hydrogen-bond acceptors (Lipinski definition) is 3. The molecular weight excluding hydrogens is 338 g/mol. The van der Waals surface area contributed by atoms with Crippen LogP contribution in [-0.4, -0.2) is 22.8 Å². The molecule has 27 heavy (non-hydrogen) atoms. The van der Waals surface area contributed by atoms with Crippen LogP contribution in [0.25, 0.3) is 0 Å². The lowest BCUT2D eigenvalue weighted by Crippen LogP contribution is -2.34. The SMILES string of the molecule is Cc1ccc(C(NC(=O)CCC(=O)NC2CCCC2)c2ccncc2)cc1. The van der Waals surface area contributed by atoms with Crippen LogP contribution in [0.15, 0.2) is 48.8 Å². The van der Waals surface area contributed by atoms with Gasteiger partial charge in [0.25, 0.3) is 0 Å². The first kappa shape index (κ1) is 19.1. The van der Waals surface area contributed by atoms with Gasteiger partial charge in [0.05, 0.1) is 6.04 Å². The first-order valence-electron chi connectivity index (χ1n) is 9.67. The summed E-state index contributed by atoms with van der Waals surface area (Å²) in [6.07, 6.45) is 8.30. The van der Waals surface area contributed by atoms with Crippen LogP contribution in [0, 0.1) is 6.92 Å².